The molecular weight excluding hydrogens is 348 g/mol. The van der Waals surface area contributed by atoms with E-state index in [1.807, 2.05) is 32.0 Å². The Bertz CT molecular complexity index is 846. The predicted octanol–water partition coefficient (Wildman–Crippen LogP) is 2.52. The summed E-state index contributed by atoms with van der Waals surface area (Å²) < 4.78 is 5.52. The number of benzene rings is 2. The summed E-state index contributed by atoms with van der Waals surface area (Å²) in [5.41, 5.74) is 2.87. The first-order chi connectivity index (χ1) is 12.8. The molecule has 2 rings (SSSR count). The van der Waals surface area contributed by atoms with Crippen LogP contribution in [0.2, 0.25) is 0 Å². The Hall–Kier alpha value is -3.35. The van der Waals surface area contributed by atoms with Crippen molar-refractivity contribution in [1.82, 2.24) is 5.32 Å². The molecule has 2 aromatic carbocycles. The first-order valence-electron chi connectivity index (χ1n) is 8.40. The molecule has 0 aromatic heterocycles. The average Bonchev–Trinajstić information content (AvgIpc) is 2.61. The Labute approximate surface area is 157 Å². The number of carboxylic acid groups (broad SMARTS) is 1. The van der Waals surface area contributed by atoms with Gasteiger partial charge in [0.15, 0.2) is 6.61 Å². The Balaban J connectivity index is 1.89. The van der Waals surface area contributed by atoms with E-state index in [1.54, 1.807) is 12.1 Å². The molecule has 142 valence electrons. The van der Waals surface area contributed by atoms with E-state index in [0.29, 0.717) is 17.0 Å². The second-order valence-corrected chi connectivity index (χ2v) is 6.22. The molecule has 0 aliphatic heterocycles. The third-order valence-corrected chi connectivity index (χ3v) is 3.84. The maximum atomic E-state index is 12.0. The van der Waals surface area contributed by atoms with Gasteiger partial charge in [0.25, 0.3) is 11.8 Å². The first kappa shape index (κ1) is 20.0. The van der Waals surface area contributed by atoms with E-state index >= 15 is 0 Å². The maximum Gasteiger partial charge on any atom is 0.325 e. The second-order valence-electron chi connectivity index (χ2n) is 6.22. The lowest BCUT2D eigenvalue weighted by molar-refractivity contribution is -0.138. The van der Waals surface area contributed by atoms with Crippen LogP contribution in [0.1, 0.15) is 28.4 Å². The Morgan fingerprint density at radius 2 is 1.74 bits per heavy atom. The van der Waals surface area contributed by atoms with E-state index < -0.39 is 17.9 Å². The number of nitrogens with one attached hydrogen (secondary N) is 2. The van der Waals surface area contributed by atoms with Crippen molar-refractivity contribution < 1.29 is 24.2 Å². The molecule has 2 amide bonds. The zero-order valence-electron chi connectivity index (χ0n) is 15.4. The minimum absolute atomic E-state index is 0.137. The van der Waals surface area contributed by atoms with Gasteiger partial charge in [0.2, 0.25) is 0 Å². The minimum Gasteiger partial charge on any atom is -0.483 e. The van der Waals surface area contributed by atoms with Crippen LogP contribution >= 0.6 is 0 Å². The van der Waals surface area contributed by atoms with Gasteiger partial charge >= 0.3 is 5.97 Å². The smallest absolute Gasteiger partial charge is 0.325 e. The molecule has 2 aromatic rings. The Morgan fingerprint density at radius 3 is 2.33 bits per heavy atom. The van der Waals surface area contributed by atoms with Gasteiger partial charge in [0.1, 0.15) is 11.8 Å². The highest BCUT2D eigenvalue weighted by Crippen LogP contribution is 2.18. The summed E-state index contributed by atoms with van der Waals surface area (Å²) in [5, 5.41) is 13.8. The Morgan fingerprint density at radius 1 is 1.07 bits per heavy atom. The number of carboxylic acids is 1. The summed E-state index contributed by atoms with van der Waals surface area (Å²) in [6.45, 7) is 5.14. The molecular formula is C20H22N2O5. The maximum absolute atomic E-state index is 12.0. The van der Waals surface area contributed by atoms with Gasteiger partial charge in [-0.1, -0.05) is 17.7 Å². The standard InChI is InChI=1S/C20H22N2O5/c1-12-4-9-17(13(2)10-12)27-11-18(23)22-16-7-5-15(6-8-16)19(24)21-14(3)20(25)26/h4-10,14H,11H2,1-3H3,(H,21,24)(H,22,23)(H,25,26). The van der Waals surface area contributed by atoms with Gasteiger partial charge in [-0.2, -0.15) is 0 Å². The summed E-state index contributed by atoms with van der Waals surface area (Å²) in [6, 6.07) is 10.9. The van der Waals surface area contributed by atoms with Crippen molar-refractivity contribution in [2.45, 2.75) is 26.8 Å². The van der Waals surface area contributed by atoms with Crippen molar-refractivity contribution in [3.05, 3.63) is 59.2 Å². The van der Waals surface area contributed by atoms with Crippen LogP contribution in [0.3, 0.4) is 0 Å². The van der Waals surface area contributed by atoms with E-state index in [-0.39, 0.29) is 12.5 Å². The third-order valence-electron chi connectivity index (χ3n) is 3.84. The lowest BCUT2D eigenvalue weighted by Crippen LogP contribution is -2.38. The van der Waals surface area contributed by atoms with Crippen LogP contribution in [0.15, 0.2) is 42.5 Å². The number of carbonyl (C=O) groups is 3. The molecule has 0 aliphatic carbocycles. The fraction of sp³-hybridized carbons (Fsp3) is 0.250. The number of amides is 2. The second kappa shape index (κ2) is 8.84. The molecule has 27 heavy (non-hydrogen) atoms. The number of aliphatic carboxylic acids is 1. The first-order valence-corrected chi connectivity index (χ1v) is 8.40. The summed E-state index contributed by atoms with van der Waals surface area (Å²) in [7, 11) is 0. The molecule has 0 bridgehead atoms. The van der Waals surface area contributed by atoms with Crippen molar-refractivity contribution in [1.29, 1.82) is 0 Å². The molecule has 0 heterocycles. The highest BCUT2D eigenvalue weighted by molar-refractivity contribution is 5.97. The van der Waals surface area contributed by atoms with Gasteiger partial charge in [0.05, 0.1) is 0 Å². The molecule has 7 heteroatoms. The molecule has 1 unspecified atom stereocenters. The third kappa shape index (κ3) is 5.85. The van der Waals surface area contributed by atoms with Crippen molar-refractivity contribution in [3.8, 4) is 5.75 Å². The van der Waals surface area contributed by atoms with Crippen LogP contribution in [-0.4, -0.2) is 35.5 Å². The summed E-state index contributed by atoms with van der Waals surface area (Å²) >= 11 is 0. The van der Waals surface area contributed by atoms with Gasteiger partial charge in [-0.25, -0.2) is 0 Å². The quantitative estimate of drug-likeness (QED) is 0.695. The van der Waals surface area contributed by atoms with Crippen LogP contribution < -0.4 is 15.4 Å². The Kier molecular flexibility index (Phi) is 6.54. The van der Waals surface area contributed by atoms with E-state index in [0.717, 1.165) is 11.1 Å². The number of anilines is 1. The molecule has 0 aliphatic rings. The summed E-state index contributed by atoms with van der Waals surface area (Å²) in [5.74, 6) is -1.29. The number of rotatable bonds is 7. The van der Waals surface area contributed by atoms with Gasteiger partial charge in [0, 0.05) is 11.3 Å². The monoisotopic (exact) mass is 370 g/mol. The van der Waals surface area contributed by atoms with Gasteiger partial charge in [-0.15, -0.1) is 0 Å². The molecule has 1 atom stereocenters. The molecule has 3 N–H and O–H groups in total. The van der Waals surface area contributed by atoms with Crippen molar-refractivity contribution >= 4 is 23.5 Å². The van der Waals surface area contributed by atoms with Crippen LogP contribution in [0.5, 0.6) is 5.75 Å². The van der Waals surface area contributed by atoms with Crippen LogP contribution in [-0.2, 0) is 9.59 Å². The van der Waals surface area contributed by atoms with Crippen LogP contribution in [0.25, 0.3) is 0 Å². The molecule has 0 fully saturated rings. The lowest BCUT2D eigenvalue weighted by atomic mass is 10.1. The minimum atomic E-state index is -1.11. The van der Waals surface area contributed by atoms with E-state index in [1.165, 1.54) is 19.1 Å². The van der Waals surface area contributed by atoms with E-state index in [4.69, 9.17) is 9.84 Å². The zero-order valence-corrected chi connectivity index (χ0v) is 15.4. The fourth-order valence-electron chi connectivity index (χ4n) is 2.35. The van der Waals surface area contributed by atoms with Crippen molar-refractivity contribution in [3.63, 3.8) is 0 Å². The van der Waals surface area contributed by atoms with Gasteiger partial charge in [-0.05, 0) is 56.7 Å². The zero-order chi connectivity index (χ0) is 20.0. The molecule has 0 saturated heterocycles. The number of hydrogen-bond donors (Lipinski definition) is 3. The van der Waals surface area contributed by atoms with Crippen LogP contribution in [0, 0.1) is 13.8 Å². The van der Waals surface area contributed by atoms with Gasteiger partial charge in [-0.3, -0.25) is 14.4 Å². The average molecular weight is 370 g/mol. The van der Waals surface area contributed by atoms with Gasteiger partial charge < -0.3 is 20.5 Å². The van der Waals surface area contributed by atoms with Crippen molar-refractivity contribution in [2.75, 3.05) is 11.9 Å². The van der Waals surface area contributed by atoms with Crippen molar-refractivity contribution in [2.24, 2.45) is 0 Å². The highest BCUT2D eigenvalue weighted by Gasteiger charge is 2.15. The largest absolute Gasteiger partial charge is 0.483 e. The number of aryl methyl sites for hydroxylation is 2. The molecule has 0 radical (unpaired) electrons. The number of ether oxygens (including phenoxy) is 1. The summed E-state index contributed by atoms with van der Waals surface area (Å²) in [4.78, 5) is 34.7. The normalized spacial score (nSPS) is 11.4. The van der Waals surface area contributed by atoms with E-state index in [2.05, 4.69) is 10.6 Å². The van der Waals surface area contributed by atoms with E-state index in [9.17, 15) is 14.4 Å². The SMILES string of the molecule is Cc1ccc(OCC(=O)Nc2ccc(C(=O)NC(C)C(=O)O)cc2)c(C)c1. The topological polar surface area (TPSA) is 105 Å². The number of carbonyl (C=O) groups excluding carboxylic acids is 2. The number of hydrogen-bond acceptors (Lipinski definition) is 4. The van der Waals surface area contributed by atoms with Crippen LogP contribution in [0.4, 0.5) is 5.69 Å². The lowest BCUT2D eigenvalue weighted by Gasteiger charge is -2.11. The molecule has 0 saturated carbocycles. The molecule has 7 nitrogen and oxygen atoms in total. The summed E-state index contributed by atoms with van der Waals surface area (Å²) in [6.07, 6.45) is 0. The fourth-order valence-corrected chi connectivity index (χ4v) is 2.35. The predicted molar refractivity (Wildman–Crippen MR) is 101 cm³/mol. The highest BCUT2D eigenvalue weighted by atomic mass is 16.5. The molecule has 0 spiro atoms.